The highest BCUT2D eigenvalue weighted by molar-refractivity contribution is 7.22. The Bertz CT molecular complexity index is 767. The number of nitrogens with zero attached hydrogens (tertiary/aromatic N) is 3. The third kappa shape index (κ3) is 2.46. The van der Waals surface area contributed by atoms with E-state index in [9.17, 15) is 5.11 Å². The monoisotopic (exact) mass is 284 g/mol. The Morgan fingerprint density at radius 2 is 2.15 bits per heavy atom. The van der Waals surface area contributed by atoms with E-state index in [1.54, 1.807) is 18.3 Å². The number of thiazole rings is 1. The molecule has 0 atom stereocenters. The molecule has 2 heterocycles. The number of aromatic hydroxyl groups is 1. The number of para-hydroxylation sites is 1. The van der Waals surface area contributed by atoms with Gasteiger partial charge in [-0.3, -0.25) is 10.4 Å². The van der Waals surface area contributed by atoms with Gasteiger partial charge < -0.3 is 5.11 Å². The zero-order valence-corrected chi connectivity index (χ0v) is 11.6. The minimum atomic E-state index is 0.178. The Morgan fingerprint density at radius 3 is 2.90 bits per heavy atom. The molecule has 0 aliphatic heterocycles. The standard InChI is InChI=1S/C14H12N4OS/c1-9(10-5-2-3-8-15-10)17-18-14-16-13-11(19)6-4-7-12(13)20-14/h2-8,19H,1H3,(H,16,18)/b17-9+. The van der Waals surface area contributed by atoms with Gasteiger partial charge in [-0.05, 0) is 31.2 Å². The molecule has 0 unspecified atom stereocenters. The van der Waals surface area contributed by atoms with Crippen molar-refractivity contribution in [3.63, 3.8) is 0 Å². The Hall–Kier alpha value is -2.47. The highest BCUT2D eigenvalue weighted by atomic mass is 32.1. The van der Waals surface area contributed by atoms with Crippen molar-refractivity contribution in [3.05, 3.63) is 48.3 Å². The smallest absolute Gasteiger partial charge is 0.204 e. The van der Waals surface area contributed by atoms with Crippen molar-refractivity contribution in [1.29, 1.82) is 0 Å². The summed E-state index contributed by atoms with van der Waals surface area (Å²) in [5, 5.41) is 14.6. The van der Waals surface area contributed by atoms with Gasteiger partial charge in [-0.2, -0.15) is 5.10 Å². The van der Waals surface area contributed by atoms with Crippen LogP contribution in [0, 0.1) is 0 Å². The van der Waals surface area contributed by atoms with Crippen LogP contribution in [-0.2, 0) is 0 Å². The summed E-state index contributed by atoms with van der Waals surface area (Å²) >= 11 is 1.44. The Morgan fingerprint density at radius 1 is 1.25 bits per heavy atom. The first kappa shape index (κ1) is 12.6. The Kier molecular flexibility index (Phi) is 3.30. The van der Waals surface area contributed by atoms with Crippen LogP contribution in [0.25, 0.3) is 10.2 Å². The van der Waals surface area contributed by atoms with Gasteiger partial charge in [0.05, 0.1) is 16.1 Å². The van der Waals surface area contributed by atoms with Gasteiger partial charge in [0.2, 0.25) is 5.13 Å². The fraction of sp³-hybridized carbons (Fsp3) is 0.0714. The summed E-state index contributed by atoms with van der Waals surface area (Å²) in [4.78, 5) is 8.53. The predicted octanol–water partition coefficient (Wildman–Crippen LogP) is 3.23. The normalized spacial score (nSPS) is 11.8. The van der Waals surface area contributed by atoms with Crippen LogP contribution in [0.4, 0.5) is 5.13 Å². The zero-order chi connectivity index (χ0) is 13.9. The predicted molar refractivity (Wildman–Crippen MR) is 81.4 cm³/mol. The molecule has 1 aromatic carbocycles. The summed E-state index contributed by atoms with van der Waals surface area (Å²) < 4.78 is 0.915. The lowest BCUT2D eigenvalue weighted by atomic mass is 10.3. The molecule has 0 radical (unpaired) electrons. The number of fused-ring (bicyclic) bond motifs is 1. The van der Waals surface area contributed by atoms with Gasteiger partial charge in [0, 0.05) is 6.20 Å². The van der Waals surface area contributed by atoms with E-state index < -0.39 is 0 Å². The Balaban J connectivity index is 1.85. The lowest BCUT2D eigenvalue weighted by molar-refractivity contribution is 0.480. The van der Waals surface area contributed by atoms with E-state index >= 15 is 0 Å². The molecule has 0 saturated heterocycles. The second-order valence-corrected chi connectivity index (χ2v) is 5.20. The van der Waals surface area contributed by atoms with Crippen molar-refractivity contribution in [2.24, 2.45) is 5.10 Å². The van der Waals surface area contributed by atoms with Crippen molar-refractivity contribution in [2.45, 2.75) is 6.92 Å². The number of nitrogens with one attached hydrogen (secondary N) is 1. The maximum atomic E-state index is 9.71. The SMILES string of the molecule is C/C(=N\Nc1nc2c(O)cccc2s1)c1ccccn1. The van der Waals surface area contributed by atoms with Crippen LogP contribution in [0.3, 0.4) is 0 Å². The fourth-order valence-electron chi connectivity index (χ4n) is 1.75. The highest BCUT2D eigenvalue weighted by Crippen LogP contribution is 2.31. The van der Waals surface area contributed by atoms with Crippen LogP contribution in [0.1, 0.15) is 12.6 Å². The fourth-order valence-corrected chi connectivity index (χ4v) is 2.58. The minimum absolute atomic E-state index is 0.178. The molecule has 0 amide bonds. The van der Waals surface area contributed by atoms with Crippen LogP contribution in [0.15, 0.2) is 47.7 Å². The molecule has 20 heavy (non-hydrogen) atoms. The van der Waals surface area contributed by atoms with Gasteiger partial charge in [-0.25, -0.2) is 4.98 Å². The molecule has 0 aliphatic carbocycles. The van der Waals surface area contributed by atoms with Crippen LogP contribution in [0.5, 0.6) is 5.75 Å². The average Bonchev–Trinajstić information content (AvgIpc) is 2.90. The number of hydrazone groups is 1. The zero-order valence-electron chi connectivity index (χ0n) is 10.7. The molecule has 3 rings (SSSR count). The van der Waals surface area contributed by atoms with E-state index in [0.29, 0.717) is 10.6 Å². The summed E-state index contributed by atoms with van der Waals surface area (Å²) in [7, 11) is 0. The van der Waals surface area contributed by atoms with Gasteiger partial charge >= 0.3 is 0 Å². The number of hydrogen-bond acceptors (Lipinski definition) is 6. The molecule has 6 heteroatoms. The molecule has 0 aliphatic rings. The van der Waals surface area contributed by atoms with Crippen LogP contribution in [0.2, 0.25) is 0 Å². The maximum absolute atomic E-state index is 9.71. The molecule has 0 saturated carbocycles. The number of anilines is 1. The second kappa shape index (κ2) is 5.26. The molecule has 3 aromatic rings. The third-order valence-corrected chi connectivity index (χ3v) is 3.68. The van der Waals surface area contributed by atoms with Crippen LogP contribution >= 0.6 is 11.3 Å². The van der Waals surface area contributed by atoms with Crippen LogP contribution in [-0.4, -0.2) is 20.8 Å². The van der Waals surface area contributed by atoms with Gasteiger partial charge in [0.25, 0.3) is 0 Å². The topological polar surface area (TPSA) is 70.4 Å². The average molecular weight is 284 g/mol. The molecule has 2 aromatic heterocycles. The minimum Gasteiger partial charge on any atom is -0.506 e. The van der Waals surface area contributed by atoms with Crippen molar-refractivity contribution in [3.8, 4) is 5.75 Å². The number of phenolic OH excluding ortho intramolecular Hbond substituents is 1. The molecular weight excluding hydrogens is 272 g/mol. The van der Waals surface area contributed by atoms with Gasteiger partial charge in [0.1, 0.15) is 11.3 Å². The van der Waals surface area contributed by atoms with Crippen molar-refractivity contribution in [1.82, 2.24) is 9.97 Å². The van der Waals surface area contributed by atoms with E-state index in [-0.39, 0.29) is 5.75 Å². The first-order chi connectivity index (χ1) is 9.74. The number of rotatable bonds is 3. The summed E-state index contributed by atoms with van der Waals surface area (Å²) in [6, 6.07) is 11.0. The van der Waals surface area contributed by atoms with Crippen molar-refractivity contribution < 1.29 is 5.11 Å². The maximum Gasteiger partial charge on any atom is 0.204 e. The van der Waals surface area contributed by atoms with Crippen molar-refractivity contribution >= 4 is 32.4 Å². The van der Waals surface area contributed by atoms with Gasteiger partial charge in [-0.1, -0.05) is 23.5 Å². The van der Waals surface area contributed by atoms with Crippen molar-refractivity contribution in [2.75, 3.05) is 5.43 Å². The van der Waals surface area contributed by atoms with E-state index in [1.807, 2.05) is 31.2 Å². The van der Waals surface area contributed by atoms with Gasteiger partial charge in [0.15, 0.2) is 0 Å². The first-order valence-electron chi connectivity index (χ1n) is 6.04. The first-order valence-corrected chi connectivity index (χ1v) is 6.86. The molecule has 100 valence electrons. The third-order valence-electron chi connectivity index (χ3n) is 2.75. The molecule has 2 N–H and O–H groups in total. The number of benzene rings is 1. The van der Waals surface area contributed by atoms with E-state index in [0.717, 1.165) is 16.1 Å². The number of hydrogen-bond donors (Lipinski definition) is 2. The highest BCUT2D eigenvalue weighted by Gasteiger charge is 2.06. The lowest BCUT2D eigenvalue weighted by Gasteiger charge is -1.99. The lowest BCUT2D eigenvalue weighted by Crippen LogP contribution is -2.01. The number of aromatic nitrogens is 2. The number of phenols is 1. The van der Waals surface area contributed by atoms with E-state index in [2.05, 4.69) is 20.5 Å². The molecule has 0 spiro atoms. The summed E-state index contributed by atoms with van der Waals surface area (Å²) in [5.41, 5.74) is 5.07. The van der Waals surface area contributed by atoms with E-state index in [1.165, 1.54) is 11.3 Å². The molecule has 0 bridgehead atoms. The summed E-state index contributed by atoms with van der Waals surface area (Å²) in [5.74, 6) is 0.178. The largest absolute Gasteiger partial charge is 0.506 e. The molecule has 5 nitrogen and oxygen atoms in total. The quantitative estimate of drug-likeness (QED) is 0.572. The Labute approximate surface area is 119 Å². The molecule has 0 fully saturated rings. The molecular formula is C14H12N4OS. The van der Waals surface area contributed by atoms with E-state index in [4.69, 9.17) is 0 Å². The summed E-state index contributed by atoms with van der Waals surface area (Å²) in [6.45, 7) is 1.88. The number of pyridine rings is 1. The van der Waals surface area contributed by atoms with Crippen LogP contribution < -0.4 is 5.43 Å². The van der Waals surface area contributed by atoms with Gasteiger partial charge in [-0.15, -0.1) is 0 Å². The summed E-state index contributed by atoms with van der Waals surface area (Å²) in [6.07, 6.45) is 1.73. The second-order valence-electron chi connectivity index (χ2n) is 4.17.